The first kappa shape index (κ1) is 14.7. The van der Waals surface area contributed by atoms with E-state index in [0.717, 1.165) is 0 Å². The molecule has 118 valence electrons. The minimum Gasteiger partial charge on any atom is -0.497 e. The normalized spacial score (nSPS) is 10.5. The minimum absolute atomic E-state index is 0.313. The van der Waals surface area contributed by atoms with E-state index < -0.39 is 0 Å². The van der Waals surface area contributed by atoms with Gasteiger partial charge in [0.05, 0.1) is 30.9 Å². The number of benzene rings is 2. The van der Waals surface area contributed by atoms with Crippen LogP contribution in [0.15, 0.2) is 41.2 Å². The number of hydrogen-bond donors (Lipinski definition) is 3. The summed E-state index contributed by atoms with van der Waals surface area (Å²) in [6, 6.07) is 10.0. The van der Waals surface area contributed by atoms with Gasteiger partial charge in [0.25, 0.3) is 5.91 Å². The molecule has 23 heavy (non-hydrogen) atoms. The number of hydrogen-bond acceptors (Lipinski definition) is 4. The molecule has 0 saturated heterocycles. The van der Waals surface area contributed by atoms with Crippen LogP contribution in [0.5, 0.6) is 11.5 Å². The molecule has 7 nitrogen and oxygen atoms in total. The third-order valence-electron chi connectivity index (χ3n) is 3.43. The third kappa shape index (κ3) is 2.89. The minimum atomic E-state index is -0.319. The lowest BCUT2D eigenvalue weighted by Gasteiger charge is -2.11. The summed E-state index contributed by atoms with van der Waals surface area (Å²) >= 11 is 0. The Bertz CT molecular complexity index is 926. The molecule has 0 saturated carbocycles. The van der Waals surface area contributed by atoms with Crippen LogP contribution in [0.1, 0.15) is 10.4 Å². The fourth-order valence-corrected chi connectivity index (χ4v) is 2.28. The number of carbonyl (C=O) groups is 1. The number of H-pyrrole nitrogens is 2. The van der Waals surface area contributed by atoms with Gasteiger partial charge in [0.15, 0.2) is 0 Å². The molecule has 3 rings (SSSR count). The number of anilines is 1. The molecule has 7 heteroatoms. The van der Waals surface area contributed by atoms with Crippen molar-refractivity contribution in [3.8, 4) is 11.5 Å². The van der Waals surface area contributed by atoms with Crippen molar-refractivity contribution < 1.29 is 14.3 Å². The van der Waals surface area contributed by atoms with E-state index in [9.17, 15) is 9.59 Å². The van der Waals surface area contributed by atoms with Crippen molar-refractivity contribution >= 4 is 22.6 Å². The fourth-order valence-electron chi connectivity index (χ4n) is 2.28. The Morgan fingerprint density at radius 1 is 1.00 bits per heavy atom. The Kier molecular flexibility index (Phi) is 3.76. The highest BCUT2D eigenvalue weighted by atomic mass is 16.5. The van der Waals surface area contributed by atoms with Gasteiger partial charge in [-0.15, -0.1) is 0 Å². The van der Waals surface area contributed by atoms with Crippen molar-refractivity contribution in [3.63, 3.8) is 0 Å². The molecule has 1 amide bonds. The van der Waals surface area contributed by atoms with Gasteiger partial charge in [-0.25, -0.2) is 4.79 Å². The van der Waals surface area contributed by atoms with E-state index in [1.54, 1.807) is 43.5 Å². The zero-order valence-electron chi connectivity index (χ0n) is 12.6. The standard InChI is InChI=1S/C16H15N3O4/c1-22-10-4-6-14(23-2)13(8-10)17-15(20)9-3-5-11-12(7-9)19-16(21)18-11/h3-8H,1-2H3,(H,17,20)(H2,18,19,21). The molecule has 0 radical (unpaired) electrons. The lowest BCUT2D eigenvalue weighted by Crippen LogP contribution is -2.12. The van der Waals surface area contributed by atoms with Crippen LogP contribution in [0.4, 0.5) is 5.69 Å². The second kappa shape index (κ2) is 5.88. The topological polar surface area (TPSA) is 96.2 Å². The van der Waals surface area contributed by atoms with E-state index in [-0.39, 0.29) is 11.6 Å². The first-order valence-electron chi connectivity index (χ1n) is 6.86. The zero-order chi connectivity index (χ0) is 16.4. The molecule has 0 spiro atoms. The van der Waals surface area contributed by atoms with Crippen molar-refractivity contribution in [3.05, 3.63) is 52.4 Å². The molecule has 1 heterocycles. The molecule has 0 fully saturated rings. The lowest BCUT2D eigenvalue weighted by atomic mass is 10.1. The van der Waals surface area contributed by atoms with Crippen LogP contribution in [0.3, 0.4) is 0 Å². The molecule has 3 N–H and O–H groups in total. The average Bonchev–Trinajstić information content (AvgIpc) is 2.93. The van der Waals surface area contributed by atoms with Crippen LogP contribution in [-0.4, -0.2) is 30.1 Å². The van der Waals surface area contributed by atoms with Crippen LogP contribution in [0.25, 0.3) is 11.0 Å². The van der Waals surface area contributed by atoms with Crippen molar-refractivity contribution in [1.29, 1.82) is 0 Å². The van der Waals surface area contributed by atoms with Crippen molar-refractivity contribution in [1.82, 2.24) is 9.97 Å². The predicted octanol–water partition coefficient (Wildman–Crippen LogP) is 2.13. The number of nitrogens with one attached hydrogen (secondary N) is 3. The Labute approximate surface area is 131 Å². The van der Waals surface area contributed by atoms with Crippen LogP contribution in [0, 0.1) is 0 Å². The van der Waals surface area contributed by atoms with E-state index in [1.165, 1.54) is 7.11 Å². The molecule has 0 aliphatic heterocycles. The quantitative estimate of drug-likeness (QED) is 0.687. The van der Waals surface area contributed by atoms with Crippen LogP contribution in [0.2, 0.25) is 0 Å². The maximum Gasteiger partial charge on any atom is 0.323 e. The van der Waals surface area contributed by atoms with Gasteiger partial charge in [0, 0.05) is 11.6 Å². The van der Waals surface area contributed by atoms with Crippen molar-refractivity contribution in [2.24, 2.45) is 0 Å². The monoisotopic (exact) mass is 313 g/mol. The van der Waals surface area contributed by atoms with Crippen molar-refractivity contribution in [2.75, 3.05) is 19.5 Å². The summed E-state index contributed by atoms with van der Waals surface area (Å²) < 4.78 is 10.4. The van der Waals surface area contributed by atoms with Gasteiger partial charge < -0.3 is 24.8 Å². The zero-order valence-corrected chi connectivity index (χ0v) is 12.6. The second-order valence-corrected chi connectivity index (χ2v) is 4.86. The molecular formula is C16H15N3O4. The highest BCUT2D eigenvalue weighted by Crippen LogP contribution is 2.29. The number of rotatable bonds is 4. The van der Waals surface area contributed by atoms with Gasteiger partial charge >= 0.3 is 5.69 Å². The number of carbonyl (C=O) groups excluding carboxylic acids is 1. The van der Waals surface area contributed by atoms with Gasteiger partial charge in [-0.2, -0.15) is 0 Å². The molecule has 0 aliphatic carbocycles. The van der Waals surface area contributed by atoms with Crippen LogP contribution >= 0.6 is 0 Å². The Balaban J connectivity index is 1.92. The number of methoxy groups -OCH3 is 2. The molecule has 0 bridgehead atoms. The molecule has 1 aromatic heterocycles. The van der Waals surface area contributed by atoms with Gasteiger partial charge in [-0.1, -0.05) is 0 Å². The van der Waals surface area contributed by atoms with E-state index >= 15 is 0 Å². The highest BCUT2D eigenvalue weighted by Gasteiger charge is 2.12. The van der Waals surface area contributed by atoms with Crippen molar-refractivity contribution in [2.45, 2.75) is 0 Å². The van der Waals surface area contributed by atoms with E-state index in [0.29, 0.717) is 33.8 Å². The predicted molar refractivity (Wildman–Crippen MR) is 86.4 cm³/mol. The molecular weight excluding hydrogens is 298 g/mol. The number of amides is 1. The first-order chi connectivity index (χ1) is 11.1. The summed E-state index contributed by atoms with van der Waals surface area (Å²) in [6.45, 7) is 0. The Morgan fingerprint density at radius 3 is 2.52 bits per heavy atom. The second-order valence-electron chi connectivity index (χ2n) is 4.86. The third-order valence-corrected chi connectivity index (χ3v) is 3.43. The van der Waals surface area contributed by atoms with E-state index in [2.05, 4.69) is 15.3 Å². The number of aromatic amines is 2. The van der Waals surface area contributed by atoms with Crippen LogP contribution in [-0.2, 0) is 0 Å². The molecule has 0 unspecified atom stereocenters. The number of fused-ring (bicyclic) bond motifs is 1. The summed E-state index contributed by atoms with van der Waals surface area (Å²) in [6.07, 6.45) is 0. The maximum atomic E-state index is 12.4. The summed E-state index contributed by atoms with van der Waals surface area (Å²) in [5.41, 5.74) is 1.81. The molecule has 3 aromatic rings. The average molecular weight is 313 g/mol. The largest absolute Gasteiger partial charge is 0.497 e. The van der Waals surface area contributed by atoms with Gasteiger partial charge in [0.1, 0.15) is 11.5 Å². The first-order valence-corrected chi connectivity index (χ1v) is 6.86. The smallest absolute Gasteiger partial charge is 0.323 e. The summed E-state index contributed by atoms with van der Waals surface area (Å²) in [5.74, 6) is 0.808. The molecule has 0 atom stereocenters. The summed E-state index contributed by atoms with van der Waals surface area (Å²) in [7, 11) is 3.07. The van der Waals surface area contributed by atoms with Crippen LogP contribution < -0.4 is 20.5 Å². The SMILES string of the molecule is COc1ccc(OC)c(NC(=O)c2ccc3[nH]c(=O)[nH]c3c2)c1. The summed E-state index contributed by atoms with van der Waals surface area (Å²) in [4.78, 5) is 28.9. The Hall–Kier alpha value is -3.22. The number of imidazole rings is 1. The van der Waals surface area contributed by atoms with Gasteiger partial charge in [0.2, 0.25) is 0 Å². The molecule has 0 aliphatic rings. The maximum absolute atomic E-state index is 12.4. The number of aromatic nitrogens is 2. The summed E-state index contributed by atoms with van der Waals surface area (Å²) in [5, 5.41) is 2.78. The van der Waals surface area contributed by atoms with E-state index in [4.69, 9.17) is 9.47 Å². The Morgan fingerprint density at radius 2 is 1.78 bits per heavy atom. The highest BCUT2D eigenvalue weighted by molar-refractivity contribution is 6.06. The van der Waals surface area contributed by atoms with Gasteiger partial charge in [-0.05, 0) is 30.3 Å². The van der Waals surface area contributed by atoms with Gasteiger partial charge in [-0.3, -0.25) is 4.79 Å². The lowest BCUT2D eigenvalue weighted by molar-refractivity contribution is 0.102. The molecule has 2 aromatic carbocycles. The fraction of sp³-hybridized carbons (Fsp3) is 0.125. The number of ether oxygens (including phenoxy) is 2. The van der Waals surface area contributed by atoms with E-state index in [1.807, 2.05) is 0 Å².